The van der Waals surface area contributed by atoms with Crippen LogP contribution in [0.3, 0.4) is 0 Å². The summed E-state index contributed by atoms with van der Waals surface area (Å²) in [6.07, 6.45) is 0. The molecular weight excluding hydrogens is 214 g/mol. The Morgan fingerprint density at radius 1 is 1.12 bits per heavy atom. The van der Waals surface area contributed by atoms with E-state index in [1.807, 2.05) is 30.3 Å². The summed E-state index contributed by atoms with van der Waals surface area (Å²) in [6.45, 7) is 1.79. The van der Waals surface area contributed by atoms with E-state index in [9.17, 15) is 9.90 Å². The molecule has 0 saturated heterocycles. The van der Waals surface area contributed by atoms with Gasteiger partial charge in [-0.25, -0.2) is 0 Å². The summed E-state index contributed by atoms with van der Waals surface area (Å²) in [6, 6.07) is 14.1. The van der Waals surface area contributed by atoms with Crippen molar-refractivity contribution in [2.24, 2.45) is 0 Å². The lowest BCUT2D eigenvalue weighted by atomic mass is 10.1. The van der Waals surface area contributed by atoms with Gasteiger partial charge in [0, 0.05) is 11.3 Å². The van der Waals surface area contributed by atoms with E-state index in [1.165, 1.54) is 6.07 Å². The summed E-state index contributed by atoms with van der Waals surface area (Å²) < 4.78 is 0. The molecule has 17 heavy (non-hydrogen) atoms. The molecule has 2 aromatic carbocycles. The third-order valence-corrected chi connectivity index (χ3v) is 2.50. The molecule has 0 aliphatic rings. The predicted octanol–water partition coefficient (Wildman–Crippen LogP) is 2.95. The average Bonchev–Trinajstić information content (AvgIpc) is 2.34. The first-order valence-corrected chi connectivity index (χ1v) is 5.33. The molecule has 0 fully saturated rings. The number of para-hydroxylation sites is 1. The van der Waals surface area contributed by atoms with Crippen molar-refractivity contribution in [1.29, 1.82) is 0 Å². The average molecular weight is 227 g/mol. The molecule has 2 N–H and O–H groups in total. The molecule has 0 heterocycles. The Morgan fingerprint density at radius 3 is 2.47 bits per heavy atom. The van der Waals surface area contributed by atoms with E-state index in [0.29, 0.717) is 5.56 Å². The first kappa shape index (κ1) is 11.2. The van der Waals surface area contributed by atoms with Gasteiger partial charge < -0.3 is 10.4 Å². The van der Waals surface area contributed by atoms with Crippen LogP contribution in [0.2, 0.25) is 0 Å². The number of phenolic OH excluding ortho intramolecular Hbond substituents is 1. The van der Waals surface area contributed by atoms with Gasteiger partial charge in [0.1, 0.15) is 5.75 Å². The molecule has 0 saturated carbocycles. The molecule has 0 aliphatic heterocycles. The fraction of sp³-hybridized carbons (Fsp3) is 0.0714. The SMILES string of the molecule is Cc1ccc(C(=O)Nc2ccccc2)cc1O. The van der Waals surface area contributed by atoms with E-state index in [-0.39, 0.29) is 11.7 Å². The number of phenols is 1. The number of aromatic hydroxyl groups is 1. The van der Waals surface area contributed by atoms with E-state index >= 15 is 0 Å². The molecule has 2 rings (SSSR count). The minimum Gasteiger partial charge on any atom is -0.508 e. The highest BCUT2D eigenvalue weighted by Gasteiger charge is 2.07. The van der Waals surface area contributed by atoms with Gasteiger partial charge in [-0.15, -0.1) is 0 Å². The standard InChI is InChI=1S/C14H13NO2/c1-10-7-8-11(9-13(10)16)14(17)15-12-5-3-2-4-6-12/h2-9,16H,1H3,(H,15,17). The van der Waals surface area contributed by atoms with Crippen molar-refractivity contribution in [3.8, 4) is 5.75 Å². The van der Waals surface area contributed by atoms with Crippen LogP contribution in [-0.4, -0.2) is 11.0 Å². The first-order chi connectivity index (χ1) is 8.16. The Balaban J connectivity index is 2.18. The van der Waals surface area contributed by atoms with Gasteiger partial charge in [0.25, 0.3) is 5.91 Å². The number of benzene rings is 2. The second-order valence-electron chi connectivity index (χ2n) is 3.82. The number of nitrogens with one attached hydrogen (secondary N) is 1. The monoisotopic (exact) mass is 227 g/mol. The zero-order chi connectivity index (χ0) is 12.3. The third kappa shape index (κ3) is 2.64. The molecule has 0 unspecified atom stereocenters. The summed E-state index contributed by atoms with van der Waals surface area (Å²) in [4.78, 5) is 11.9. The maximum Gasteiger partial charge on any atom is 0.255 e. The lowest BCUT2D eigenvalue weighted by Gasteiger charge is -2.06. The van der Waals surface area contributed by atoms with E-state index in [0.717, 1.165) is 11.3 Å². The Labute approximate surface area is 99.7 Å². The van der Waals surface area contributed by atoms with Gasteiger partial charge in [-0.05, 0) is 36.8 Å². The normalized spacial score (nSPS) is 9.94. The molecule has 0 aromatic heterocycles. The molecule has 1 amide bonds. The number of anilines is 1. The van der Waals surface area contributed by atoms with Gasteiger partial charge in [0.2, 0.25) is 0 Å². The summed E-state index contributed by atoms with van der Waals surface area (Å²) in [5.41, 5.74) is 1.93. The second kappa shape index (κ2) is 4.70. The Hall–Kier alpha value is -2.29. The predicted molar refractivity (Wildman–Crippen MR) is 67.2 cm³/mol. The van der Waals surface area contributed by atoms with E-state index in [2.05, 4.69) is 5.32 Å². The van der Waals surface area contributed by atoms with Gasteiger partial charge in [-0.3, -0.25) is 4.79 Å². The lowest BCUT2D eigenvalue weighted by molar-refractivity contribution is 0.102. The summed E-state index contributed by atoms with van der Waals surface area (Å²) in [5, 5.41) is 12.3. The zero-order valence-electron chi connectivity index (χ0n) is 9.47. The quantitative estimate of drug-likeness (QED) is 0.828. The van der Waals surface area contributed by atoms with Crippen LogP contribution >= 0.6 is 0 Å². The highest BCUT2D eigenvalue weighted by molar-refractivity contribution is 6.04. The number of amides is 1. The van der Waals surface area contributed by atoms with Crippen LogP contribution in [0, 0.1) is 6.92 Å². The largest absolute Gasteiger partial charge is 0.508 e. The van der Waals surface area contributed by atoms with Crippen LogP contribution in [0.1, 0.15) is 15.9 Å². The molecule has 86 valence electrons. The lowest BCUT2D eigenvalue weighted by Crippen LogP contribution is -2.11. The number of hydrogen-bond acceptors (Lipinski definition) is 2. The van der Waals surface area contributed by atoms with Crippen LogP contribution in [-0.2, 0) is 0 Å². The van der Waals surface area contributed by atoms with Crippen molar-refractivity contribution in [1.82, 2.24) is 0 Å². The smallest absolute Gasteiger partial charge is 0.255 e. The summed E-state index contributed by atoms with van der Waals surface area (Å²) in [7, 11) is 0. The molecule has 0 radical (unpaired) electrons. The number of carbonyl (C=O) groups is 1. The van der Waals surface area contributed by atoms with Crippen LogP contribution < -0.4 is 5.32 Å². The summed E-state index contributed by atoms with van der Waals surface area (Å²) >= 11 is 0. The van der Waals surface area contributed by atoms with Crippen molar-refractivity contribution in [3.63, 3.8) is 0 Å². The molecule has 3 nitrogen and oxygen atoms in total. The number of carbonyl (C=O) groups excluding carboxylic acids is 1. The fourth-order valence-corrected chi connectivity index (χ4v) is 1.48. The van der Waals surface area contributed by atoms with Crippen molar-refractivity contribution in [2.45, 2.75) is 6.92 Å². The van der Waals surface area contributed by atoms with Crippen molar-refractivity contribution in [2.75, 3.05) is 5.32 Å². The van der Waals surface area contributed by atoms with Gasteiger partial charge >= 0.3 is 0 Å². The molecule has 0 spiro atoms. The molecule has 0 atom stereocenters. The molecular formula is C14H13NO2. The Kier molecular flexibility index (Phi) is 3.10. The van der Waals surface area contributed by atoms with E-state index < -0.39 is 0 Å². The van der Waals surface area contributed by atoms with Crippen LogP contribution in [0.25, 0.3) is 0 Å². The van der Waals surface area contributed by atoms with Gasteiger partial charge in [-0.1, -0.05) is 24.3 Å². The number of hydrogen-bond donors (Lipinski definition) is 2. The summed E-state index contributed by atoms with van der Waals surface area (Å²) in [5.74, 6) is -0.0998. The second-order valence-corrected chi connectivity index (χ2v) is 3.82. The number of aryl methyl sites for hydroxylation is 1. The Bertz CT molecular complexity index is 535. The van der Waals surface area contributed by atoms with Gasteiger partial charge in [-0.2, -0.15) is 0 Å². The first-order valence-electron chi connectivity index (χ1n) is 5.33. The molecule has 2 aromatic rings. The van der Waals surface area contributed by atoms with Crippen molar-refractivity contribution < 1.29 is 9.90 Å². The van der Waals surface area contributed by atoms with Gasteiger partial charge in [0.05, 0.1) is 0 Å². The number of rotatable bonds is 2. The highest BCUT2D eigenvalue weighted by Crippen LogP contribution is 2.18. The Morgan fingerprint density at radius 2 is 1.82 bits per heavy atom. The van der Waals surface area contributed by atoms with Crippen molar-refractivity contribution in [3.05, 3.63) is 59.7 Å². The minimum atomic E-state index is -0.230. The molecule has 3 heteroatoms. The molecule has 0 bridgehead atoms. The van der Waals surface area contributed by atoms with Crippen molar-refractivity contribution >= 4 is 11.6 Å². The van der Waals surface area contributed by atoms with E-state index in [4.69, 9.17) is 0 Å². The van der Waals surface area contributed by atoms with E-state index in [1.54, 1.807) is 19.1 Å². The minimum absolute atomic E-state index is 0.130. The van der Waals surface area contributed by atoms with Gasteiger partial charge in [0.15, 0.2) is 0 Å². The maximum absolute atomic E-state index is 11.9. The van der Waals surface area contributed by atoms with Crippen LogP contribution in [0.15, 0.2) is 48.5 Å². The topological polar surface area (TPSA) is 49.3 Å². The zero-order valence-corrected chi connectivity index (χ0v) is 9.47. The fourth-order valence-electron chi connectivity index (χ4n) is 1.48. The van der Waals surface area contributed by atoms with Crippen LogP contribution in [0.5, 0.6) is 5.75 Å². The maximum atomic E-state index is 11.9. The third-order valence-electron chi connectivity index (χ3n) is 2.50. The van der Waals surface area contributed by atoms with Crippen LogP contribution in [0.4, 0.5) is 5.69 Å². The molecule has 0 aliphatic carbocycles. The highest BCUT2D eigenvalue weighted by atomic mass is 16.3.